The predicted molar refractivity (Wildman–Crippen MR) is 83.8 cm³/mol. The average Bonchev–Trinajstić information content (AvgIpc) is 3.01. The maximum atomic E-state index is 12.3. The molecule has 0 aliphatic carbocycles. The number of esters is 1. The molecule has 3 rings (SSSR count). The van der Waals surface area contributed by atoms with Crippen molar-refractivity contribution < 1.29 is 14.3 Å². The lowest BCUT2D eigenvalue weighted by molar-refractivity contribution is -0.147. The smallest absolute Gasteiger partial charge is 0.337 e. The van der Waals surface area contributed by atoms with Crippen LogP contribution in [0, 0.1) is 0 Å². The molecule has 4 nitrogen and oxygen atoms in total. The van der Waals surface area contributed by atoms with Gasteiger partial charge in [-0.25, -0.2) is 9.79 Å². The molecule has 0 N–H and O–H groups in total. The molecule has 0 saturated heterocycles. The lowest BCUT2D eigenvalue weighted by Crippen LogP contribution is -2.41. The Balaban J connectivity index is 1.95. The summed E-state index contributed by atoms with van der Waals surface area (Å²) in [6.45, 7) is 0.193. The van der Waals surface area contributed by atoms with Gasteiger partial charge in [-0.1, -0.05) is 48.5 Å². The molecule has 22 heavy (non-hydrogen) atoms. The van der Waals surface area contributed by atoms with Gasteiger partial charge in [-0.3, -0.25) is 0 Å². The fraction of sp³-hybridized carbons (Fsp3) is 0.222. The Morgan fingerprint density at radius 1 is 1.14 bits per heavy atom. The molecule has 2 aromatic carbocycles. The average molecular weight is 295 g/mol. The van der Waals surface area contributed by atoms with E-state index in [9.17, 15) is 4.79 Å². The summed E-state index contributed by atoms with van der Waals surface area (Å²) in [5.74, 6) is 0.115. The van der Waals surface area contributed by atoms with Gasteiger partial charge in [0.2, 0.25) is 5.90 Å². The monoisotopic (exact) mass is 295 g/mol. The molecule has 112 valence electrons. The third kappa shape index (κ3) is 2.72. The van der Waals surface area contributed by atoms with Crippen LogP contribution in [-0.2, 0) is 20.7 Å². The minimum Gasteiger partial charge on any atom is -0.474 e. The zero-order chi connectivity index (χ0) is 15.4. The first-order valence-electron chi connectivity index (χ1n) is 7.14. The van der Waals surface area contributed by atoms with Crippen LogP contribution in [-0.4, -0.2) is 31.1 Å². The van der Waals surface area contributed by atoms with Crippen molar-refractivity contribution >= 4 is 11.9 Å². The molecule has 1 atom stereocenters. The summed E-state index contributed by atoms with van der Waals surface area (Å²) in [4.78, 5) is 16.9. The van der Waals surface area contributed by atoms with Crippen LogP contribution in [0.25, 0.3) is 0 Å². The highest BCUT2D eigenvalue weighted by molar-refractivity contribution is 5.99. The maximum Gasteiger partial charge on any atom is 0.337 e. The SMILES string of the molecule is COC(=O)[C@@]1(Cc2ccccc2)COC(c2ccccc2)=N1. The number of carbonyl (C=O) groups is 1. The zero-order valence-corrected chi connectivity index (χ0v) is 12.4. The van der Waals surface area contributed by atoms with Crippen molar-refractivity contribution in [2.75, 3.05) is 13.7 Å². The van der Waals surface area contributed by atoms with Gasteiger partial charge in [-0.2, -0.15) is 0 Å². The van der Waals surface area contributed by atoms with Gasteiger partial charge in [0.15, 0.2) is 5.54 Å². The Kier molecular flexibility index (Phi) is 3.92. The number of hydrogen-bond donors (Lipinski definition) is 0. The summed E-state index contributed by atoms with van der Waals surface area (Å²) < 4.78 is 10.7. The molecular formula is C18H17NO3. The van der Waals surface area contributed by atoms with E-state index in [1.807, 2.05) is 60.7 Å². The first kappa shape index (κ1) is 14.3. The predicted octanol–water partition coefficient (Wildman–Crippen LogP) is 2.62. The van der Waals surface area contributed by atoms with Gasteiger partial charge >= 0.3 is 5.97 Å². The van der Waals surface area contributed by atoms with E-state index in [2.05, 4.69) is 4.99 Å². The summed E-state index contributed by atoms with van der Waals surface area (Å²) in [7, 11) is 1.38. The molecule has 1 aliphatic rings. The molecule has 0 bridgehead atoms. The van der Waals surface area contributed by atoms with Crippen molar-refractivity contribution in [3.8, 4) is 0 Å². The van der Waals surface area contributed by atoms with Crippen LogP contribution in [0.2, 0.25) is 0 Å². The molecule has 4 heteroatoms. The second-order valence-corrected chi connectivity index (χ2v) is 5.26. The summed E-state index contributed by atoms with van der Waals surface area (Å²) in [5.41, 5.74) is 0.872. The third-order valence-electron chi connectivity index (χ3n) is 3.69. The van der Waals surface area contributed by atoms with Crippen molar-refractivity contribution in [1.82, 2.24) is 0 Å². The van der Waals surface area contributed by atoms with Gasteiger partial charge in [-0.05, 0) is 17.7 Å². The van der Waals surface area contributed by atoms with Crippen molar-refractivity contribution in [1.29, 1.82) is 0 Å². The van der Waals surface area contributed by atoms with Gasteiger partial charge in [0, 0.05) is 12.0 Å². The van der Waals surface area contributed by atoms with Crippen LogP contribution in [0.5, 0.6) is 0 Å². The standard InChI is InChI=1S/C18H17NO3/c1-21-17(20)18(12-14-8-4-2-5-9-14)13-22-16(19-18)15-10-6-3-7-11-15/h2-11H,12-13H2,1H3/t18-/m1/s1. The fourth-order valence-corrected chi connectivity index (χ4v) is 2.57. The number of benzene rings is 2. The maximum absolute atomic E-state index is 12.3. The molecule has 0 radical (unpaired) electrons. The van der Waals surface area contributed by atoms with E-state index in [-0.39, 0.29) is 12.6 Å². The van der Waals surface area contributed by atoms with Crippen molar-refractivity contribution in [3.05, 3.63) is 71.8 Å². The normalized spacial score (nSPS) is 20.1. The molecule has 0 amide bonds. The zero-order valence-electron chi connectivity index (χ0n) is 12.4. The van der Waals surface area contributed by atoms with Gasteiger partial charge in [-0.15, -0.1) is 0 Å². The van der Waals surface area contributed by atoms with Crippen LogP contribution in [0.15, 0.2) is 65.7 Å². The molecule has 0 spiro atoms. The van der Waals surface area contributed by atoms with E-state index in [0.717, 1.165) is 11.1 Å². The lowest BCUT2D eigenvalue weighted by atomic mass is 9.92. The number of hydrogen-bond acceptors (Lipinski definition) is 4. The van der Waals surface area contributed by atoms with Gasteiger partial charge < -0.3 is 9.47 Å². The number of carbonyl (C=O) groups excluding carboxylic acids is 1. The van der Waals surface area contributed by atoms with E-state index >= 15 is 0 Å². The van der Waals surface area contributed by atoms with Crippen molar-refractivity contribution in [2.24, 2.45) is 4.99 Å². The van der Waals surface area contributed by atoms with Crippen LogP contribution < -0.4 is 0 Å². The van der Waals surface area contributed by atoms with Gasteiger partial charge in [0.1, 0.15) is 6.61 Å². The molecule has 0 saturated carbocycles. The second kappa shape index (κ2) is 6.02. The molecule has 0 aromatic heterocycles. The topological polar surface area (TPSA) is 47.9 Å². The Bertz CT molecular complexity index is 682. The fourth-order valence-electron chi connectivity index (χ4n) is 2.57. The van der Waals surface area contributed by atoms with Crippen molar-refractivity contribution in [2.45, 2.75) is 12.0 Å². The minimum atomic E-state index is -1.01. The highest BCUT2D eigenvalue weighted by Gasteiger charge is 2.45. The van der Waals surface area contributed by atoms with Gasteiger partial charge in [0.25, 0.3) is 0 Å². The third-order valence-corrected chi connectivity index (χ3v) is 3.69. The molecule has 2 aromatic rings. The first-order valence-corrected chi connectivity index (χ1v) is 7.14. The summed E-state index contributed by atoms with van der Waals surface area (Å²) in [6.07, 6.45) is 0.455. The molecule has 0 fully saturated rings. The number of aliphatic imine (C=N–C) groups is 1. The highest BCUT2D eigenvalue weighted by Crippen LogP contribution is 2.27. The Morgan fingerprint density at radius 2 is 1.77 bits per heavy atom. The number of rotatable bonds is 4. The quantitative estimate of drug-likeness (QED) is 0.815. The van der Waals surface area contributed by atoms with Crippen LogP contribution >= 0.6 is 0 Å². The Labute approximate surface area is 129 Å². The van der Waals surface area contributed by atoms with E-state index in [1.165, 1.54) is 7.11 Å². The summed E-state index contributed by atoms with van der Waals surface area (Å²) >= 11 is 0. The van der Waals surface area contributed by atoms with Crippen molar-refractivity contribution in [3.63, 3.8) is 0 Å². The molecular weight excluding hydrogens is 278 g/mol. The number of nitrogens with zero attached hydrogens (tertiary/aromatic N) is 1. The molecule has 1 heterocycles. The Hall–Kier alpha value is -2.62. The Morgan fingerprint density at radius 3 is 2.41 bits per heavy atom. The first-order chi connectivity index (χ1) is 10.7. The van der Waals surface area contributed by atoms with E-state index in [1.54, 1.807) is 0 Å². The number of ether oxygens (including phenoxy) is 2. The van der Waals surface area contributed by atoms with E-state index in [4.69, 9.17) is 9.47 Å². The number of methoxy groups -OCH3 is 1. The molecule has 1 aliphatic heterocycles. The van der Waals surface area contributed by atoms with Crippen LogP contribution in [0.1, 0.15) is 11.1 Å². The van der Waals surface area contributed by atoms with E-state index < -0.39 is 5.54 Å². The highest BCUT2D eigenvalue weighted by atomic mass is 16.5. The minimum absolute atomic E-state index is 0.193. The summed E-state index contributed by atoms with van der Waals surface area (Å²) in [6, 6.07) is 19.3. The van der Waals surface area contributed by atoms with Crippen LogP contribution in [0.4, 0.5) is 0 Å². The largest absolute Gasteiger partial charge is 0.474 e. The van der Waals surface area contributed by atoms with E-state index in [0.29, 0.717) is 12.3 Å². The lowest BCUT2D eigenvalue weighted by Gasteiger charge is -2.20. The van der Waals surface area contributed by atoms with Crippen LogP contribution in [0.3, 0.4) is 0 Å². The summed E-state index contributed by atoms with van der Waals surface area (Å²) in [5, 5.41) is 0. The second-order valence-electron chi connectivity index (χ2n) is 5.26. The van der Waals surface area contributed by atoms with Gasteiger partial charge in [0.05, 0.1) is 7.11 Å². The molecule has 0 unspecified atom stereocenters.